The molecule has 0 atom stereocenters. The molecule has 0 aromatic heterocycles. The van der Waals surface area contributed by atoms with E-state index in [0.29, 0.717) is 13.1 Å². The Morgan fingerprint density at radius 3 is 2.62 bits per heavy atom. The van der Waals surface area contributed by atoms with Gasteiger partial charge >= 0.3 is 0 Å². The first-order valence-electron chi connectivity index (χ1n) is 8.42. The van der Waals surface area contributed by atoms with Gasteiger partial charge < -0.3 is 20.1 Å². The molecule has 0 heterocycles. The van der Waals surface area contributed by atoms with Crippen molar-refractivity contribution in [3.63, 3.8) is 0 Å². The topological polar surface area (TPSA) is 57.1 Å². The number of halogens is 1. The number of aliphatic imine (C=N–C) groups is 1. The zero-order valence-corrected chi connectivity index (χ0v) is 17.2. The van der Waals surface area contributed by atoms with Crippen molar-refractivity contribution in [2.45, 2.75) is 44.8 Å². The molecule has 2 rings (SSSR count). The van der Waals surface area contributed by atoms with E-state index in [1.807, 2.05) is 25.2 Å². The smallest absolute Gasteiger partial charge is 0.194 e. The number of hydrogen-bond donors (Lipinski definition) is 2. The lowest BCUT2D eigenvalue weighted by atomic mass is 10.0. The molecule has 1 fully saturated rings. The monoisotopic (exact) mass is 447 g/mol. The SMILES string of the molecule is CCNC(=NCC1(O)CCCC1)N(C)Cc1ccccc1OC.I. The molecule has 1 aliphatic carbocycles. The minimum atomic E-state index is -0.619. The number of rotatable bonds is 6. The van der Waals surface area contributed by atoms with E-state index in [-0.39, 0.29) is 24.0 Å². The molecule has 0 spiro atoms. The highest BCUT2D eigenvalue weighted by Crippen LogP contribution is 2.29. The molecule has 1 aliphatic rings. The second kappa shape index (κ2) is 10.1. The Bertz CT molecular complexity index is 531. The minimum absolute atomic E-state index is 0. The normalized spacial score (nSPS) is 16.4. The molecule has 1 aromatic carbocycles. The molecule has 24 heavy (non-hydrogen) atoms. The van der Waals surface area contributed by atoms with Crippen LogP contribution in [0, 0.1) is 0 Å². The van der Waals surface area contributed by atoms with E-state index in [0.717, 1.165) is 49.5 Å². The van der Waals surface area contributed by atoms with Gasteiger partial charge in [0.15, 0.2) is 5.96 Å². The second-order valence-corrected chi connectivity index (χ2v) is 6.27. The Labute approximate surface area is 162 Å². The summed E-state index contributed by atoms with van der Waals surface area (Å²) in [5.74, 6) is 1.70. The Hall–Kier alpha value is -1.02. The number of guanidine groups is 1. The quantitative estimate of drug-likeness (QED) is 0.400. The Morgan fingerprint density at radius 2 is 2.00 bits per heavy atom. The first-order valence-corrected chi connectivity index (χ1v) is 8.42. The highest BCUT2D eigenvalue weighted by molar-refractivity contribution is 14.0. The molecule has 0 bridgehead atoms. The molecule has 1 aromatic rings. The lowest BCUT2D eigenvalue weighted by molar-refractivity contribution is 0.0572. The van der Waals surface area contributed by atoms with E-state index in [2.05, 4.69) is 28.2 Å². The lowest BCUT2D eigenvalue weighted by Crippen LogP contribution is -2.40. The molecular formula is C18H30IN3O2. The molecule has 0 aliphatic heterocycles. The van der Waals surface area contributed by atoms with Crippen molar-refractivity contribution in [2.75, 3.05) is 27.2 Å². The molecule has 0 saturated heterocycles. The fourth-order valence-electron chi connectivity index (χ4n) is 3.05. The molecule has 1 saturated carbocycles. The third-order valence-electron chi connectivity index (χ3n) is 4.35. The van der Waals surface area contributed by atoms with Gasteiger partial charge in [-0.1, -0.05) is 31.0 Å². The first kappa shape index (κ1) is 21.0. The van der Waals surface area contributed by atoms with E-state index in [9.17, 15) is 5.11 Å². The first-order chi connectivity index (χ1) is 11.1. The number of aliphatic hydroxyl groups is 1. The average molecular weight is 447 g/mol. The molecule has 6 heteroatoms. The molecule has 2 N–H and O–H groups in total. The van der Waals surface area contributed by atoms with Crippen LogP contribution >= 0.6 is 24.0 Å². The van der Waals surface area contributed by atoms with Crippen LogP contribution in [0.1, 0.15) is 38.2 Å². The van der Waals surface area contributed by atoms with Crippen LogP contribution in [0.5, 0.6) is 5.75 Å². The largest absolute Gasteiger partial charge is 0.496 e. The maximum absolute atomic E-state index is 10.5. The van der Waals surface area contributed by atoms with Crippen molar-refractivity contribution >= 4 is 29.9 Å². The summed E-state index contributed by atoms with van der Waals surface area (Å²) in [6.07, 6.45) is 3.90. The van der Waals surface area contributed by atoms with Crippen molar-refractivity contribution in [3.8, 4) is 5.75 Å². The summed E-state index contributed by atoms with van der Waals surface area (Å²) in [5, 5.41) is 13.8. The number of nitrogens with one attached hydrogen (secondary N) is 1. The standard InChI is InChI=1S/C18H29N3O2.HI/c1-4-19-17(20-14-18(22)11-7-8-12-18)21(2)13-15-9-5-6-10-16(15)23-3;/h5-6,9-10,22H,4,7-8,11-14H2,1-3H3,(H,19,20);1H. The van der Waals surface area contributed by atoms with Gasteiger partial charge in [-0.2, -0.15) is 0 Å². The van der Waals surface area contributed by atoms with Crippen molar-refractivity contribution in [1.82, 2.24) is 10.2 Å². The third-order valence-corrected chi connectivity index (χ3v) is 4.35. The van der Waals surface area contributed by atoms with E-state index in [4.69, 9.17) is 4.74 Å². The van der Waals surface area contributed by atoms with Crippen LogP contribution in [0.15, 0.2) is 29.3 Å². The Balaban J connectivity index is 0.00000288. The summed E-state index contributed by atoms with van der Waals surface area (Å²) in [6, 6.07) is 8.01. The van der Waals surface area contributed by atoms with E-state index in [1.165, 1.54) is 0 Å². The van der Waals surface area contributed by atoms with Crippen LogP contribution in [0.4, 0.5) is 0 Å². The average Bonchev–Trinajstić information content (AvgIpc) is 2.99. The van der Waals surface area contributed by atoms with E-state index >= 15 is 0 Å². The number of ether oxygens (including phenoxy) is 1. The number of hydrogen-bond acceptors (Lipinski definition) is 3. The number of methoxy groups -OCH3 is 1. The van der Waals surface area contributed by atoms with Gasteiger partial charge in [-0.25, -0.2) is 0 Å². The summed E-state index contributed by atoms with van der Waals surface area (Å²) in [7, 11) is 3.69. The number of benzene rings is 1. The van der Waals surface area contributed by atoms with Gasteiger partial charge in [0, 0.05) is 25.7 Å². The molecule has 5 nitrogen and oxygen atoms in total. The van der Waals surface area contributed by atoms with Gasteiger partial charge in [-0.15, -0.1) is 24.0 Å². The van der Waals surface area contributed by atoms with Crippen LogP contribution in [-0.2, 0) is 6.54 Å². The van der Waals surface area contributed by atoms with Crippen LogP contribution in [0.25, 0.3) is 0 Å². The van der Waals surface area contributed by atoms with Gasteiger partial charge in [0.05, 0.1) is 19.3 Å². The Kier molecular flexibility index (Phi) is 8.83. The fraction of sp³-hybridized carbons (Fsp3) is 0.611. The summed E-state index contributed by atoms with van der Waals surface area (Å²) in [6.45, 7) is 4.02. The maximum atomic E-state index is 10.5. The molecular weight excluding hydrogens is 417 g/mol. The van der Waals surface area contributed by atoms with Gasteiger partial charge in [0.1, 0.15) is 5.75 Å². The van der Waals surface area contributed by atoms with Gasteiger partial charge in [-0.05, 0) is 25.8 Å². The fourth-order valence-corrected chi connectivity index (χ4v) is 3.05. The van der Waals surface area contributed by atoms with Crippen molar-refractivity contribution in [3.05, 3.63) is 29.8 Å². The summed E-state index contributed by atoms with van der Waals surface area (Å²) < 4.78 is 5.42. The molecule has 136 valence electrons. The zero-order chi connectivity index (χ0) is 16.7. The van der Waals surface area contributed by atoms with Gasteiger partial charge in [0.2, 0.25) is 0 Å². The number of para-hydroxylation sites is 1. The van der Waals surface area contributed by atoms with E-state index in [1.54, 1.807) is 7.11 Å². The second-order valence-electron chi connectivity index (χ2n) is 6.27. The predicted octanol–water partition coefficient (Wildman–Crippen LogP) is 3.02. The lowest BCUT2D eigenvalue weighted by Gasteiger charge is -2.25. The van der Waals surface area contributed by atoms with Crippen LogP contribution in [0.2, 0.25) is 0 Å². The summed E-state index contributed by atoms with van der Waals surface area (Å²) in [5.41, 5.74) is 0.494. The summed E-state index contributed by atoms with van der Waals surface area (Å²) >= 11 is 0. The van der Waals surface area contributed by atoms with Crippen LogP contribution in [0.3, 0.4) is 0 Å². The Morgan fingerprint density at radius 1 is 1.33 bits per heavy atom. The van der Waals surface area contributed by atoms with Crippen molar-refractivity contribution in [1.29, 1.82) is 0 Å². The van der Waals surface area contributed by atoms with Crippen LogP contribution < -0.4 is 10.1 Å². The van der Waals surface area contributed by atoms with Crippen molar-refractivity contribution in [2.24, 2.45) is 4.99 Å². The molecule has 0 unspecified atom stereocenters. The molecule has 0 amide bonds. The van der Waals surface area contributed by atoms with Gasteiger partial charge in [-0.3, -0.25) is 4.99 Å². The van der Waals surface area contributed by atoms with Crippen molar-refractivity contribution < 1.29 is 9.84 Å². The van der Waals surface area contributed by atoms with E-state index < -0.39 is 5.60 Å². The van der Waals surface area contributed by atoms with Gasteiger partial charge in [0.25, 0.3) is 0 Å². The summed E-state index contributed by atoms with van der Waals surface area (Å²) in [4.78, 5) is 6.73. The predicted molar refractivity (Wildman–Crippen MR) is 109 cm³/mol. The maximum Gasteiger partial charge on any atom is 0.194 e. The highest BCUT2D eigenvalue weighted by atomic mass is 127. The number of nitrogens with zero attached hydrogens (tertiary/aromatic N) is 2. The molecule has 0 radical (unpaired) electrons. The zero-order valence-electron chi connectivity index (χ0n) is 14.9. The third kappa shape index (κ3) is 5.81. The highest BCUT2D eigenvalue weighted by Gasteiger charge is 2.31. The van der Waals surface area contributed by atoms with Crippen LogP contribution in [-0.4, -0.2) is 48.8 Å². The minimum Gasteiger partial charge on any atom is -0.496 e.